The van der Waals surface area contributed by atoms with Gasteiger partial charge in [-0.2, -0.15) is 4.98 Å². The highest BCUT2D eigenvalue weighted by Crippen LogP contribution is 2.14. The number of anilines is 2. The Kier molecular flexibility index (Phi) is 4.45. The molecule has 0 fully saturated rings. The Balaban J connectivity index is 2.10. The van der Waals surface area contributed by atoms with E-state index in [1.807, 2.05) is 13.8 Å². The Morgan fingerprint density at radius 2 is 1.90 bits per heavy atom. The molecule has 4 nitrogen and oxygen atoms in total. The van der Waals surface area contributed by atoms with Crippen molar-refractivity contribution in [2.24, 2.45) is 0 Å². The Bertz CT molecular complexity index is 602. The third kappa shape index (κ3) is 3.63. The summed E-state index contributed by atoms with van der Waals surface area (Å²) in [7, 11) is 0. The molecule has 2 rings (SSSR count). The summed E-state index contributed by atoms with van der Waals surface area (Å²) in [5, 5.41) is 6.03. The van der Waals surface area contributed by atoms with Gasteiger partial charge in [0, 0.05) is 36.5 Å². The van der Waals surface area contributed by atoms with Crippen LogP contribution in [0.3, 0.4) is 0 Å². The monoisotopic (exact) mass is 278 g/mol. The van der Waals surface area contributed by atoms with Crippen LogP contribution in [-0.2, 0) is 6.54 Å². The van der Waals surface area contributed by atoms with Gasteiger partial charge in [-0.25, -0.2) is 13.8 Å². The molecular weight excluding hydrogens is 262 g/mol. The van der Waals surface area contributed by atoms with Crippen LogP contribution in [0.5, 0.6) is 0 Å². The largest absolute Gasteiger partial charge is 0.366 e. The first-order valence-corrected chi connectivity index (χ1v) is 6.36. The van der Waals surface area contributed by atoms with Crippen LogP contribution in [0.1, 0.15) is 18.2 Å². The molecule has 0 aliphatic heterocycles. The highest BCUT2D eigenvalue weighted by Gasteiger charge is 2.05. The second-order valence-electron chi connectivity index (χ2n) is 4.34. The van der Waals surface area contributed by atoms with Gasteiger partial charge in [-0.3, -0.25) is 0 Å². The average Bonchev–Trinajstić information content (AvgIpc) is 2.37. The van der Waals surface area contributed by atoms with Crippen LogP contribution in [0.4, 0.5) is 20.5 Å². The lowest BCUT2D eigenvalue weighted by Gasteiger charge is -2.09. The summed E-state index contributed by atoms with van der Waals surface area (Å²) in [6, 6.07) is 5.28. The number of nitrogens with one attached hydrogen (secondary N) is 2. The molecule has 20 heavy (non-hydrogen) atoms. The van der Waals surface area contributed by atoms with Crippen molar-refractivity contribution in [3.63, 3.8) is 0 Å². The predicted octanol–water partition coefficient (Wildman–Crippen LogP) is 3.11. The summed E-state index contributed by atoms with van der Waals surface area (Å²) in [4.78, 5) is 8.48. The summed E-state index contributed by atoms with van der Waals surface area (Å²) >= 11 is 0. The number of hydrogen-bond donors (Lipinski definition) is 2. The quantitative estimate of drug-likeness (QED) is 0.882. The van der Waals surface area contributed by atoms with E-state index in [4.69, 9.17) is 0 Å². The van der Waals surface area contributed by atoms with Gasteiger partial charge in [-0.15, -0.1) is 0 Å². The maximum atomic E-state index is 13.5. The van der Waals surface area contributed by atoms with E-state index in [-0.39, 0.29) is 6.54 Å². The molecule has 1 heterocycles. The van der Waals surface area contributed by atoms with Crippen molar-refractivity contribution in [3.05, 3.63) is 47.2 Å². The molecule has 2 aromatic rings. The second kappa shape index (κ2) is 6.27. The molecule has 0 amide bonds. The summed E-state index contributed by atoms with van der Waals surface area (Å²) in [5.74, 6) is -0.0412. The minimum absolute atomic E-state index is 0.230. The van der Waals surface area contributed by atoms with Gasteiger partial charge < -0.3 is 10.6 Å². The number of benzene rings is 1. The third-order valence-electron chi connectivity index (χ3n) is 2.66. The minimum Gasteiger partial charge on any atom is -0.366 e. The molecule has 6 heteroatoms. The molecule has 1 aromatic carbocycles. The Labute approximate surface area is 116 Å². The molecule has 0 spiro atoms. The van der Waals surface area contributed by atoms with Crippen LogP contribution in [0, 0.1) is 18.6 Å². The molecule has 0 aliphatic rings. The molecule has 0 bridgehead atoms. The smallest absolute Gasteiger partial charge is 0.224 e. The van der Waals surface area contributed by atoms with Crippen molar-refractivity contribution >= 4 is 11.8 Å². The number of aryl methyl sites for hydroxylation is 1. The van der Waals surface area contributed by atoms with Crippen molar-refractivity contribution in [1.29, 1.82) is 0 Å². The van der Waals surface area contributed by atoms with E-state index >= 15 is 0 Å². The van der Waals surface area contributed by atoms with Gasteiger partial charge in [0.1, 0.15) is 17.5 Å². The van der Waals surface area contributed by atoms with E-state index in [1.165, 1.54) is 12.1 Å². The highest BCUT2D eigenvalue weighted by atomic mass is 19.1. The Morgan fingerprint density at radius 1 is 1.10 bits per heavy atom. The van der Waals surface area contributed by atoms with E-state index in [0.717, 1.165) is 18.3 Å². The van der Waals surface area contributed by atoms with Gasteiger partial charge in [0.15, 0.2) is 0 Å². The lowest BCUT2D eigenvalue weighted by atomic mass is 10.2. The van der Waals surface area contributed by atoms with Crippen molar-refractivity contribution in [3.8, 4) is 0 Å². The second-order valence-corrected chi connectivity index (χ2v) is 4.34. The van der Waals surface area contributed by atoms with Gasteiger partial charge >= 0.3 is 0 Å². The zero-order chi connectivity index (χ0) is 14.5. The van der Waals surface area contributed by atoms with Gasteiger partial charge in [-0.1, -0.05) is 6.07 Å². The van der Waals surface area contributed by atoms with Crippen molar-refractivity contribution in [1.82, 2.24) is 9.97 Å². The number of nitrogens with zero attached hydrogens (tertiary/aromatic N) is 2. The van der Waals surface area contributed by atoms with E-state index in [1.54, 1.807) is 6.07 Å². The molecule has 2 N–H and O–H groups in total. The van der Waals surface area contributed by atoms with Crippen molar-refractivity contribution in [2.45, 2.75) is 20.4 Å². The van der Waals surface area contributed by atoms with Crippen LogP contribution in [0.15, 0.2) is 24.3 Å². The summed E-state index contributed by atoms with van der Waals surface area (Å²) in [5.41, 5.74) is 1.19. The zero-order valence-corrected chi connectivity index (χ0v) is 11.4. The van der Waals surface area contributed by atoms with Crippen LogP contribution in [-0.4, -0.2) is 16.5 Å². The van der Waals surface area contributed by atoms with Crippen LogP contribution in [0.2, 0.25) is 0 Å². The highest BCUT2D eigenvalue weighted by molar-refractivity contribution is 5.42. The first kappa shape index (κ1) is 14.2. The molecular formula is C14H16F2N4. The van der Waals surface area contributed by atoms with E-state index in [2.05, 4.69) is 20.6 Å². The maximum absolute atomic E-state index is 13.5. The van der Waals surface area contributed by atoms with E-state index in [9.17, 15) is 8.78 Å². The maximum Gasteiger partial charge on any atom is 0.224 e. The molecule has 0 unspecified atom stereocenters. The van der Waals surface area contributed by atoms with Crippen LogP contribution >= 0.6 is 0 Å². The van der Waals surface area contributed by atoms with E-state index in [0.29, 0.717) is 17.3 Å². The number of hydrogen-bond acceptors (Lipinski definition) is 4. The first-order valence-electron chi connectivity index (χ1n) is 6.36. The third-order valence-corrected chi connectivity index (χ3v) is 2.66. The summed E-state index contributed by atoms with van der Waals surface area (Å²) < 4.78 is 26.3. The molecule has 1 aromatic heterocycles. The van der Waals surface area contributed by atoms with Gasteiger partial charge in [-0.05, 0) is 19.9 Å². The number of rotatable bonds is 5. The molecule has 0 saturated heterocycles. The van der Waals surface area contributed by atoms with Crippen LogP contribution in [0.25, 0.3) is 0 Å². The normalized spacial score (nSPS) is 10.4. The molecule has 0 aliphatic carbocycles. The van der Waals surface area contributed by atoms with Gasteiger partial charge in [0.25, 0.3) is 0 Å². The van der Waals surface area contributed by atoms with Gasteiger partial charge in [0.05, 0.1) is 0 Å². The topological polar surface area (TPSA) is 49.8 Å². The fourth-order valence-electron chi connectivity index (χ4n) is 1.75. The summed E-state index contributed by atoms with van der Waals surface area (Å²) in [6.45, 7) is 4.75. The minimum atomic E-state index is -0.585. The molecule has 0 atom stereocenters. The Morgan fingerprint density at radius 3 is 2.60 bits per heavy atom. The Hall–Kier alpha value is -2.24. The van der Waals surface area contributed by atoms with Crippen molar-refractivity contribution in [2.75, 3.05) is 17.2 Å². The molecule has 0 radical (unpaired) electrons. The van der Waals surface area contributed by atoms with E-state index < -0.39 is 11.6 Å². The van der Waals surface area contributed by atoms with Crippen molar-refractivity contribution < 1.29 is 8.78 Å². The van der Waals surface area contributed by atoms with Crippen LogP contribution < -0.4 is 10.6 Å². The SMILES string of the molecule is CCNc1nc(C)cc(NCc2ccc(F)cc2F)n1. The molecule has 106 valence electrons. The fourth-order valence-corrected chi connectivity index (χ4v) is 1.75. The number of halogens is 2. The zero-order valence-electron chi connectivity index (χ0n) is 11.4. The van der Waals surface area contributed by atoms with Gasteiger partial charge in [0.2, 0.25) is 5.95 Å². The first-order chi connectivity index (χ1) is 9.58. The predicted molar refractivity (Wildman–Crippen MR) is 74.6 cm³/mol. The lowest BCUT2D eigenvalue weighted by molar-refractivity contribution is 0.574. The standard InChI is InChI=1S/C14H16F2N4/c1-3-17-14-19-9(2)6-13(20-14)18-8-10-4-5-11(15)7-12(10)16/h4-7H,3,8H2,1-2H3,(H2,17,18,19,20). The number of aromatic nitrogens is 2. The lowest BCUT2D eigenvalue weighted by Crippen LogP contribution is -2.08. The molecule has 0 saturated carbocycles. The summed E-state index contributed by atoms with van der Waals surface area (Å²) in [6.07, 6.45) is 0. The average molecular weight is 278 g/mol. The fraction of sp³-hybridized carbons (Fsp3) is 0.286.